The Balaban J connectivity index is 2.13. The summed E-state index contributed by atoms with van der Waals surface area (Å²) in [6, 6.07) is 13.7. The third-order valence-electron chi connectivity index (χ3n) is 5.58. The minimum absolute atomic E-state index is 0.0914. The highest BCUT2D eigenvalue weighted by Crippen LogP contribution is 2.42. The number of hydrogen-bond donors (Lipinski definition) is 1. The lowest BCUT2D eigenvalue weighted by Crippen LogP contribution is -2.58. The van der Waals surface area contributed by atoms with Crippen molar-refractivity contribution in [3.63, 3.8) is 0 Å². The SMILES string of the molecule is C[C@H]1C[C@@H](C(N)=O)[N+](CC#N)(c2cc(-c3ccc(S(C)(=O)=O)cc3)ccc2Cl)C1. The number of nitriles is 1. The lowest BCUT2D eigenvalue weighted by Gasteiger charge is -2.37. The average Bonchev–Trinajstić information content (AvgIpc) is 2.99. The van der Waals surface area contributed by atoms with E-state index >= 15 is 0 Å². The fraction of sp³-hybridized carbons (Fsp3) is 0.333. The van der Waals surface area contributed by atoms with Gasteiger partial charge in [-0.25, -0.2) is 8.42 Å². The fourth-order valence-electron chi connectivity index (χ4n) is 4.28. The molecule has 0 bridgehead atoms. The summed E-state index contributed by atoms with van der Waals surface area (Å²) in [5.41, 5.74) is 8.02. The van der Waals surface area contributed by atoms with Crippen LogP contribution in [0.2, 0.25) is 5.02 Å². The van der Waals surface area contributed by atoms with Gasteiger partial charge in [0.05, 0.1) is 11.4 Å². The van der Waals surface area contributed by atoms with Gasteiger partial charge in [0, 0.05) is 24.7 Å². The molecule has 1 unspecified atom stereocenters. The van der Waals surface area contributed by atoms with Crippen LogP contribution in [0.1, 0.15) is 13.3 Å². The number of benzene rings is 2. The fourth-order valence-corrected chi connectivity index (χ4v) is 5.20. The van der Waals surface area contributed by atoms with Gasteiger partial charge in [-0.2, -0.15) is 5.26 Å². The van der Waals surface area contributed by atoms with E-state index in [1.54, 1.807) is 30.3 Å². The molecule has 1 fully saturated rings. The van der Waals surface area contributed by atoms with Crippen molar-refractivity contribution >= 4 is 33.0 Å². The average molecular weight is 433 g/mol. The largest absolute Gasteiger partial charge is 0.364 e. The second kappa shape index (κ2) is 7.79. The zero-order valence-electron chi connectivity index (χ0n) is 16.3. The van der Waals surface area contributed by atoms with E-state index in [4.69, 9.17) is 17.3 Å². The highest BCUT2D eigenvalue weighted by Gasteiger charge is 2.51. The molecule has 3 atom stereocenters. The lowest BCUT2D eigenvalue weighted by molar-refractivity contribution is -0.121. The second-order valence-corrected chi connectivity index (χ2v) is 10.2. The molecule has 1 amide bonds. The van der Waals surface area contributed by atoms with Gasteiger partial charge in [-0.3, -0.25) is 9.28 Å². The Labute approximate surface area is 176 Å². The van der Waals surface area contributed by atoms with Gasteiger partial charge >= 0.3 is 0 Å². The molecule has 0 spiro atoms. The first-order chi connectivity index (χ1) is 13.6. The predicted octanol–water partition coefficient (Wildman–Crippen LogP) is 3.14. The van der Waals surface area contributed by atoms with Crippen LogP contribution in [0, 0.1) is 17.2 Å². The minimum atomic E-state index is -3.28. The van der Waals surface area contributed by atoms with E-state index in [0.717, 1.165) is 17.4 Å². The van der Waals surface area contributed by atoms with Crippen molar-refractivity contribution in [2.75, 3.05) is 19.3 Å². The number of hydrogen-bond acceptors (Lipinski definition) is 4. The van der Waals surface area contributed by atoms with Crippen LogP contribution >= 0.6 is 11.6 Å². The van der Waals surface area contributed by atoms with Crippen LogP contribution < -0.4 is 10.2 Å². The van der Waals surface area contributed by atoms with E-state index in [-0.39, 0.29) is 21.8 Å². The van der Waals surface area contributed by atoms with E-state index < -0.39 is 21.8 Å². The molecule has 0 aliphatic carbocycles. The Hall–Kier alpha value is -2.40. The van der Waals surface area contributed by atoms with Gasteiger partial charge in [0.1, 0.15) is 11.1 Å². The highest BCUT2D eigenvalue weighted by atomic mass is 35.5. The smallest absolute Gasteiger partial charge is 0.276 e. The summed E-state index contributed by atoms with van der Waals surface area (Å²) in [6.07, 6.45) is 1.76. The third kappa shape index (κ3) is 4.01. The van der Waals surface area contributed by atoms with Crippen molar-refractivity contribution < 1.29 is 13.2 Å². The molecule has 1 aliphatic heterocycles. The Bertz CT molecular complexity index is 1090. The molecular weight excluding hydrogens is 410 g/mol. The van der Waals surface area contributed by atoms with Gasteiger partial charge < -0.3 is 5.73 Å². The van der Waals surface area contributed by atoms with Crippen LogP contribution in [0.15, 0.2) is 47.4 Å². The van der Waals surface area contributed by atoms with Crippen molar-refractivity contribution in [2.24, 2.45) is 11.7 Å². The molecule has 152 valence electrons. The maximum atomic E-state index is 12.2. The Morgan fingerprint density at radius 1 is 1.24 bits per heavy atom. The number of sulfone groups is 1. The third-order valence-corrected chi connectivity index (χ3v) is 7.03. The maximum Gasteiger partial charge on any atom is 0.276 e. The normalized spacial score (nSPS) is 24.2. The van der Waals surface area contributed by atoms with E-state index in [2.05, 4.69) is 6.07 Å². The molecule has 29 heavy (non-hydrogen) atoms. The van der Waals surface area contributed by atoms with Gasteiger partial charge in [0.2, 0.25) is 0 Å². The molecule has 2 N–H and O–H groups in total. The van der Waals surface area contributed by atoms with Crippen molar-refractivity contribution in [1.82, 2.24) is 4.48 Å². The molecule has 1 aliphatic rings. The first-order valence-corrected chi connectivity index (χ1v) is 11.5. The zero-order chi connectivity index (χ0) is 21.4. The molecule has 0 aromatic heterocycles. The molecule has 2 aromatic rings. The molecule has 1 saturated heterocycles. The van der Waals surface area contributed by atoms with Gasteiger partial charge in [-0.05, 0) is 29.3 Å². The number of carbonyl (C=O) groups excluding carboxylic acids is 1. The number of nitrogens with zero attached hydrogens (tertiary/aromatic N) is 2. The summed E-state index contributed by atoms with van der Waals surface area (Å²) in [6.45, 7) is 2.72. The summed E-state index contributed by atoms with van der Waals surface area (Å²) in [5.74, 6) is -0.224. The molecule has 0 saturated carbocycles. The van der Waals surface area contributed by atoms with Crippen molar-refractivity contribution in [2.45, 2.75) is 24.3 Å². The first kappa shape index (κ1) is 21.3. The molecule has 2 aromatic carbocycles. The van der Waals surface area contributed by atoms with Gasteiger partial charge in [-0.15, -0.1) is 0 Å². The topological polar surface area (TPSA) is 101 Å². The van der Waals surface area contributed by atoms with Gasteiger partial charge in [0.15, 0.2) is 28.1 Å². The predicted molar refractivity (Wildman–Crippen MR) is 114 cm³/mol. The number of primary amides is 1. The highest BCUT2D eigenvalue weighted by molar-refractivity contribution is 7.90. The van der Waals surface area contributed by atoms with Crippen LogP contribution in [-0.2, 0) is 14.6 Å². The molecule has 6 nitrogen and oxygen atoms in total. The molecule has 8 heteroatoms. The van der Waals surface area contributed by atoms with Crippen LogP contribution in [0.25, 0.3) is 11.1 Å². The second-order valence-electron chi connectivity index (χ2n) is 7.75. The number of likely N-dealkylation sites (tertiary alicyclic amines) is 1. The summed E-state index contributed by atoms with van der Waals surface area (Å²) in [7, 11) is -3.28. The van der Waals surface area contributed by atoms with E-state index in [9.17, 15) is 18.5 Å². The summed E-state index contributed by atoms with van der Waals surface area (Å²) in [4.78, 5) is 12.4. The quantitative estimate of drug-likeness (QED) is 0.579. The lowest BCUT2D eigenvalue weighted by atomic mass is 10.0. The minimum Gasteiger partial charge on any atom is -0.364 e. The Kier molecular flexibility index (Phi) is 5.72. The van der Waals surface area contributed by atoms with E-state index in [1.165, 1.54) is 0 Å². The molecule has 3 rings (SSSR count). The van der Waals surface area contributed by atoms with Crippen LogP contribution in [0.5, 0.6) is 0 Å². The van der Waals surface area contributed by atoms with E-state index in [0.29, 0.717) is 23.7 Å². The maximum absolute atomic E-state index is 12.2. The van der Waals surface area contributed by atoms with Crippen LogP contribution in [0.4, 0.5) is 5.69 Å². The van der Waals surface area contributed by atoms with Crippen molar-refractivity contribution in [3.8, 4) is 17.2 Å². The number of rotatable bonds is 5. The molecule has 0 radical (unpaired) electrons. The first-order valence-electron chi connectivity index (χ1n) is 9.22. The number of nitrogens with two attached hydrogens (primary N) is 1. The number of amides is 1. The monoisotopic (exact) mass is 432 g/mol. The summed E-state index contributed by atoms with van der Waals surface area (Å²) in [5, 5.41) is 9.97. The standard InChI is InChI=1S/C21H22ClN3O3S/c1-14-11-20(21(24)26)25(13-14,10-9-23)19-12-16(5-8-18(19)22)15-3-6-17(7-4-15)29(2,27)28/h3-8,12,14,20H,10-11,13H2,1-2H3,(H-,24,26)/p+1/t14-,20-,25?/m0/s1. The summed E-state index contributed by atoms with van der Waals surface area (Å²) < 4.78 is 23.5. The van der Waals surface area contributed by atoms with Gasteiger partial charge in [0.25, 0.3) is 5.91 Å². The Morgan fingerprint density at radius 3 is 2.41 bits per heavy atom. The number of halogens is 1. The summed E-state index contributed by atoms with van der Waals surface area (Å²) >= 11 is 6.54. The number of quaternary nitrogens is 1. The van der Waals surface area contributed by atoms with E-state index in [1.807, 2.05) is 19.1 Å². The van der Waals surface area contributed by atoms with Crippen molar-refractivity contribution in [3.05, 3.63) is 47.5 Å². The van der Waals surface area contributed by atoms with Crippen molar-refractivity contribution in [1.29, 1.82) is 5.26 Å². The van der Waals surface area contributed by atoms with Crippen LogP contribution in [-0.4, -0.2) is 39.7 Å². The number of carbonyl (C=O) groups is 1. The van der Waals surface area contributed by atoms with Gasteiger partial charge in [-0.1, -0.05) is 36.7 Å². The zero-order valence-corrected chi connectivity index (χ0v) is 17.9. The van der Waals surface area contributed by atoms with Crippen LogP contribution in [0.3, 0.4) is 0 Å². The molecular formula is C21H23ClN3O3S+. The molecule has 1 heterocycles. The Morgan fingerprint density at radius 2 is 1.86 bits per heavy atom.